The summed E-state index contributed by atoms with van der Waals surface area (Å²) < 4.78 is 15.1. The summed E-state index contributed by atoms with van der Waals surface area (Å²) in [5, 5.41) is 6.80. The second-order valence-corrected chi connectivity index (χ2v) is 12.3. The maximum Gasteiger partial charge on any atom is 0.137 e. The number of aryl methyl sites for hydroxylation is 1. The smallest absolute Gasteiger partial charge is 0.137 e. The molecule has 0 unspecified atom stereocenters. The molecule has 0 amide bonds. The van der Waals surface area contributed by atoms with Gasteiger partial charge >= 0.3 is 0 Å². The lowest BCUT2D eigenvalue weighted by molar-refractivity contribution is 0.669. The number of nitrogens with zero attached hydrogens (tertiary/aromatic N) is 2. The molecule has 4 nitrogen and oxygen atoms in total. The number of rotatable bonds is 4. The normalized spacial score (nSPS) is 11.9. The fourth-order valence-corrected chi connectivity index (χ4v) is 7.30. The molecule has 10 rings (SSSR count). The van der Waals surface area contributed by atoms with Crippen LogP contribution in [0.5, 0.6) is 0 Å². The molecular formula is C43H28N2O2. The fourth-order valence-electron chi connectivity index (χ4n) is 7.30. The van der Waals surface area contributed by atoms with E-state index in [1.807, 2.05) is 24.3 Å². The maximum atomic E-state index is 6.40. The van der Waals surface area contributed by atoms with Crippen molar-refractivity contribution in [1.82, 2.24) is 4.57 Å². The van der Waals surface area contributed by atoms with Crippen LogP contribution in [0, 0.1) is 6.92 Å². The first-order valence-electron chi connectivity index (χ1n) is 15.9. The second kappa shape index (κ2) is 9.87. The van der Waals surface area contributed by atoms with Gasteiger partial charge in [-0.2, -0.15) is 0 Å². The minimum Gasteiger partial charge on any atom is -0.456 e. The average Bonchev–Trinajstić information content (AvgIpc) is 3.78. The van der Waals surface area contributed by atoms with Crippen LogP contribution in [0.2, 0.25) is 0 Å². The molecule has 0 saturated heterocycles. The molecule has 0 spiro atoms. The van der Waals surface area contributed by atoms with E-state index < -0.39 is 0 Å². The Kier molecular flexibility index (Phi) is 5.46. The van der Waals surface area contributed by atoms with Gasteiger partial charge in [0.2, 0.25) is 0 Å². The molecule has 0 fully saturated rings. The number of benzene rings is 7. The number of fused-ring (bicyclic) bond motifs is 9. The molecule has 0 aliphatic heterocycles. The van der Waals surface area contributed by atoms with Crippen LogP contribution in [0.1, 0.15) is 5.56 Å². The molecule has 0 radical (unpaired) electrons. The zero-order valence-electron chi connectivity index (χ0n) is 25.6. The number of hydrogen-bond acceptors (Lipinski definition) is 3. The molecule has 3 aromatic heterocycles. The highest BCUT2D eigenvalue weighted by molar-refractivity contribution is 6.15. The van der Waals surface area contributed by atoms with E-state index in [0.717, 1.165) is 66.6 Å². The monoisotopic (exact) mass is 604 g/mol. The van der Waals surface area contributed by atoms with Crippen LogP contribution >= 0.6 is 0 Å². The van der Waals surface area contributed by atoms with Crippen molar-refractivity contribution in [2.75, 3.05) is 4.90 Å². The predicted molar refractivity (Wildman–Crippen MR) is 195 cm³/mol. The van der Waals surface area contributed by atoms with E-state index in [2.05, 4.69) is 144 Å². The number of anilines is 3. The molecule has 0 atom stereocenters. The third-order valence-electron chi connectivity index (χ3n) is 9.45. The quantitative estimate of drug-likeness (QED) is 0.200. The first-order chi connectivity index (χ1) is 23.2. The van der Waals surface area contributed by atoms with Gasteiger partial charge in [-0.05, 0) is 79.7 Å². The molecule has 7 aromatic carbocycles. The molecule has 0 saturated carbocycles. The van der Waals surface area contributed by atoms with E-state index in [0.29, 0.717) is 0 Å². The summed E-state index contributed by atoms with van der Waals surface area (Å²) in [6.07, 6.45) is 0. The van der Waals surface area contributed by atoms with Gasteiger partial charge in [0.15, 0.2) is 0 Å². The van der Waals surface area contributed by atoms with Crippen molar-refractivity contribution in [2.45, 2.75) is 6.92 Å². The Morgan fingerprint density at radius 3 is 1.91 bits per heavy atom. The molecule has 4 heteroatoms. The van der Waals surface area contributed by atoms with Crippen LogP contribution in [-0.4, -0.2) is 4.57 Å². The standard InChI is InChI=1S/C43H28N2O2/c1-27-17-19-28(20-18-27)45-36-12-5-2-9-31(36)35-25-29(22-24-37(35)45)44(30-21-23-33-32-10-3-6-14-39(32)47-42(33)26-30)38-13-8-16-41-43(38)34-11-4-7-15-40(34)46-41/h2-26H,1H3. The van der Waals surface area contributed by atoms with Crippen LogP contribution in [0.25, 0.3) is 71.4 Å². The minimum atomic E-state index is 0.856. The lowest BCUT2D eigenvalue weighted by Crippen LogP contribution is -2.10. The highest BCUT2D eigenvalue weighted by Crippen LogP contribution is 2.45. The van der Waals surface area contributed by atoms with Crippen molar-refractivity contribution in [3.05, 3.63) is 157 Å². The summed E-state index contributed by atoms with van der Waals surface area (Å²) in [5.74, 6) is 0. The van der Waals surface area contributed by atoms with Crippen molar-refractivity contribution >= 4 is 82.7 Å². The van der Waals surface area contributed by atoms with E-state index in [-0.39, 0.29) is 0 Å². The van der Waals surface area contributed by atoms with Gasteiger partial charge in [-0.1, -0.05) is 78.4 Å². The van der Waals surface area contributed by atoms with Crippen molar-refractivity contribution in [3.63, 3.8) is 0 Å². The Labute approximate surface area is 270 Å². The fraction of sp³-hybridized carbons (Fsp3) is 0.0233. The summed E-state index contributed by atoms with van der Waals surface area (Å²) in [6, 6.07) is 53.6. The topological polar surface area (TPSA) is 34.5 Å². The average molecular weight is 605 g/mol. The van der Waals surface area contributed by atoms with Gasteiger partial charge in [-0.3, -0.25) is 0 Å². The van der Waals surface area contributed by atoms with E-state index in [9.17, 15) is 0 Å². The van der Waals surface area contributed by atoms with Gasteiger partial charge in [0.05, 0.1) is 22.1 Å². The molecule has 222 valence electrons. The molecule has 47 heavy (non-hydrogen) atoms. The van der Waals surface area contributed by atoms with Crippen molar-refractivity contribution in [3.8, 4) is 5.69 Å². The number of furan rings is 2. The molecule has 0 aliphatic rings. The van der Waals surface area contributed by atoms with Gasteiger partial charge in [-0.25, -0.2) is 0 Å². The van der Waals surface area contributed by atoms with Crippen LogP contribution in [0.4, 0.5) is 17.1 Å². The third-order valence-corrected chi connectivity index (χ3v) is 9.45. The van der Waals surface area contributed by atoms with E-state index in [1.165, 1.54) is 27.4 Å². The molecule has 10 aromatic rings. The van der Waals surface area contributed by atoms with E-state index in [4.69, 9.17) is 8.83 Å². The minimum absolute atomic E-state index is 0.856. The number of hydrogen-bond donors (Lipinski definition) is 0. The highest BCUT2D eigenvalue weighted by Gasteiger charge is 2.22. The summed E-state index contributed by atoms with van der Waals surface area (Å²) >= 11 is 0. The van der Waals surface area contributed by atoms with Crippen LogP contribution < -0.4 is 4.90 Å². The summed E-state index contributed by atoms with van der Waals surface area (Å²) in [6.45, 7) is 2.13. The van der Waals surface area contributed by atoms with E-state index in [1.54, 1.807) is 0 Å². The Balaban J connectivity index is 1.27. The summed E-state index contributed by atoms with van der Waals surface area (Å²) in [5.41, 5.74) is 11.3. The summed E-state index contributed by atoms with van der Waals surface area (Å²) in [7, 11) is 0. The van der Waals surface area contributed by atoms with Crippen LogP contribution in [0.3, 0.4) is 0 Å². The van der Waals surface area contributed by atoms with Gasteiger partial charge in [-0.15, -0.1) is 0 Å². The van der Waals surface area contributed by atoms with Crippen molar-refractivity contribution in [1.29, 1.82) is 0 Å². The van der Waals surface area contributed by atoms with Crippen LogP contribution in [-0.2, 0) is 0 Å². The first kappa shape index (κ1) is 26.0. The van der Waals surface area contributed by atoms with Crippen LogP contribution in [0.15, 0.2) is 160 Å². The van der Waals surface area contributed by atoms with Gasteiger partial charge < -0.3 is 18.3 Å². The summed E-state index contributed by atoms with van der Waals surface area (Å²) in [4.78, 5) is 2.34. The Morgan fingerprint density at radius 2 is 1.06 bits per heavy atom. The zero-order valence-corrected chi connectivity index (χ0v) is 25.6. The lowest BCUT2D eigenvalue weighted by Gasteiger charge is -2.26. The molecule has 3 heterocycles. The molecule has 0 N–H and O–H groups in total. The molecule has 0 aliphatic carbocycles. The number of para-hydroxylation sites is 3. The van der Waals surface area contributed by atoms with Gasteiger partial charge in [0.1, 0.15) is 22.3 Å². The second-order valence-electron chi connectivity index (χ2n) is 12.3. The van der Waals surface area contributed by atoms with Gasteiger partial charge in [0, 0.05) is 50.1 Å². The Hall–Kier alpha value is -6.26. The molecule has 0 bridgehead atoms. The largest absolute Gasteiger partial charge is 0.456 e. The zero-order chi connectivity index (χ0) is 31.1. The Bertz CT molecular complexity index is 2820. The maximum absolute atomic E-state index is 6.40. The number of aromatic nitrogens is 1. The highest BCUT2D eigenvalue weighted by atomic mass is 16.3. The van der Waals surface area contributed by atoms with E-state index >= 15 is 0 Å². The Morgan fingerprint density at radius 1 is 0.447 bits per heavy atom. The third kappa shape index (κ3) is 3.88. The molecular weight excluding hydrogens is 576 g/mol. The van der Waals surface area contributed by atoms with Gasteiger partial charge in [0.25, 0.3) is 0 Å². The van der Waals surface area contributed by atoms with Crippen molar-refractivity contribution in [2.24, 2.45) is 0 Å². The van der Waals surface area contributed by atoms with Crippen molar-refractivity contribution < 1.29 is 8.83 Å². The lowest BCUT2D eigenvalue weighted by atomic mass is 10.1. The predicted octanol–water partition coefficient (Wildman–Crippen LogP) is 12.4. The SMILES string of the molecule is Cc1ccc(-n2c3ccccc3c3cc(N(c4ccc5c(c4)oc4ccccc45)c4cccc5oc6ccccc6c45)ccc32)cc1. The first-order valence-corrected chi connectivity index (χ1v) is 15.9.